The molecule has 1 aliphatic carbocycles. The molecule has 2 heterocycles. The number of ether oxygens (including phenoxy) is 2. The highest BCUT2D eigenvalue weighted by Crippen LogP contribution is 2.40. The normalized spacial score (nSPS) is 27.2. The predicted molar refractivity (Wildman–Crippen MR) is 98.1 cm³/mol. The number of nitrogens with zero attached hydrogens (tertiary/aromatic N) is 1. The molecule has 2 aliphatic heterocycles. The van der Waals surface area contributed by atoms with Gasteiger partial charge in [0.1, 0.15) is 11.9 Å². The summed E-state index contributed by atoms with van der Waals surface area (Å²) in [5.41, 5.74) is 3.16. The van der Waals surface area contributed by atoms with E-state index in [1.807, 2.05) is 30.3 Å². The predicted octanol–water partition coefficient (Wildman–Crippen LogP) is 3.64. The monoisotopic (exact) mass is 335 g/mol. The largest absolute Gasteiger partial charge is 0.488 e. The third-order valence-electron chi connectivity index (χ3n) is 5.98. The van der Waals surface area contributed by atoms with Crippen LogP contribution in [0.25, 0.3) is 0 Å². The standard InChI is InChI=1S/C22H25NO2/c1-2-7-19(8-3-1)25-20-12-22(24-14-20)15-23(16-22)13-18-11-10-17-6-4-5-9-21(17)18/h1-9,18,20H,10-16H2/t18-,20?/m0/s1. The first kappa shape index (κ1) is 15.4. The molecular weight excluding hydrogens is 310 g/mol. The average Bonchev–Trinajstić information content (AvgIpc) is 3.21. The van der Waals surface area contributed by atoms with Gasteiger partial charge in [0.05, 0.1) is 12.2 Å². The number of hydrogen-bond acceptors (Lipinski definition) is 3. The van der Waals surface area contributed by atoms with E-state index >= 15 is 0 Å². The van der Waals surface area contributed by atoms with Gasteiger partial charge in [0.15, 0.2) is 0 Å². The summed E-state index contributed by atoms with van der Waals surface area (Å²) in [6.07, 6.45) is 3.74. The number of benzene rings is 2. The van der Waals surface area contributed by atoms with Crippen molar-refractivity contribution in [3.05, 3.63) is 65.7 Å². The Hall–Kier alpha value is -1.84. The summed E-state index contributed by atoms with van der Waals surface area (Å²) >= 11 is 0. The minimum Gasteiger partial charge on any atom is -0.488 e. The fraction of sp³-hybridized carbons (Fsp3) is 0.455. The van der Waals surface area contributed by atoms with Gasteiger partial charge in [0, 0.05) is 26.1 Å². The third-order valence-corrected chi connectivity index (χ3v) is 5.98. The lowest BCUT2D eigenvalue weighted by Crippen LogP contribution is -2.62. The molecule has 5 rings (SSSR count). The Kier molecular flexibility index (Phi) is 3.79. The van der Waals surface area contributed by atoms with Crippen LogP contribution in [0.4, 0.5) is 0 Å². The highest BCUT2D eigenvalue weighted by atomic mass is 16.6. The van der Waals surface area contributed by atoms with Crippen molar-refractivity contribution in [3.63, 3.8) is 0 Å². The van der Waals surface area contributed by atoms with E-state index in [0.29, 0.717) is 5.92 Å². The van der Waals surface area contributed by atoms with Gasteiger partial charge in [-0.1, -0.05) is 42.5 Å². The molecule has 1 unspecified atom stereocenters. The fourth-order valence-electron chi connectivity index (χ4n) is 4.83. The lowest BCUT2D eigenvalue weighted by atomic mass is 9.88. The maximum absolute atomic E-state index is 6.16. The van der Waals surface area contributed by atoms with E-state index in [-0.39, 0.29) is 11.7 Å². The second-order valence-electron chi connectivity index (χ2n) is 7.86. The molecule has 0 bridgehead atoms. The number of hydrogen-bond donors (Lipinski definition) is 0. The Morgan fingerprint density at radius 3 is 2.72 bits per heavy atom. The third kappa shape index (κ3) is 2.96. The zero-order valence-electron chi connectivity index (χ0n) is 14.6. The molecule has 0 N–H and O–H groups in total. The number of para-hydroxylation sites is 1. The molecule has 0 saturated carbocycles. The Morgan fingerprint density at radius 2 is 1.84 bits per heavy atom. The first-order valence-electron chi connectivity index (χ1n) is 9.46. The van der Waals surface area contributed by atoms with Gasteiger partial charge in [-0.15, -0.1) is 0 Å². The molecule has 3 heteroatoms. The molecule has 1 spiro atoms. The highest BCUT2D eigenvalue weighted by molar-refractivity contribution is 5.35. The minimum absolute atomic E-state index is 0.0393. The van der Waals surface area contributed by atoms with Gasteiger partial charge < -0.3 is 9.47 Å². The van der Waals surface area contributed by atoms with Gasteiger partial charge >= 0.3 is 0 Å². The lowest BCUT2D eigenvalue weighted by Gasteiger charge is -2.48. The van der Waals surface area contributed by atoms with Gasteiger partial charge in [0.2, 0.25) is 0 Å². The number of likely N-dealkylation sites (tertiary alicyclic amines) is 1. The summed E-state index contributed by atoms with van der Waals surface area (Å²) < 4.78 is 12.2. The zero-order valence-corrected chi connectivity index (χ0v) is 14.6. The number of rotatable bonds is 4. The Morgan fingerprint density at radius 1 is 1.04 bits per heavy atom. The molecule has 3 nitrogen and oxygen atoms in total. The lowest BCUT2D eigenvalue weighted by molar-refractivity contribution is -0.112. The van der Waals surface area contributed by atoms with Gasteiger partial charge in [-0.05, 0) is 42.0 Å². The smallest absolute Gasteiger partial charge is 0.125 e. The fourth-order valence-corrected chi connectivity index (χ4v) is 4.83. The molecule has 130 valence electrons. The van der Waals surface area contributed by atoms with Crippen molar-refractivity contribution in [1.29, 1.82) is 0 Å². The van der Waals surface area contributed by atoms with Gasteiger partial charge in [-0.25, -0.2) is 0 Å². The summed E-state index contributed by atoms with van der Waals surface area (Å²) in [5, 5.41) is 0. The van der Waals surface area contributed by atoms with Crippen LogP contribution in [0.15, 0.2) is 54.6 Å². The van der Waals surface area contributed by atoms with E-state index in [9.17, 15) is 0 Å². The summed E-state index contributed by atoms with van der Waals surface area (Å²) in [5.74, 6) is 1.65. The molecule has 3 aliphatic rings. The summed E-state index contributed by atoms with van der Waals surface area (Å²) in [6, 6.07) is 19.1. The Balaban J connectivity index is 1.15. The molecule has 25 heavy (non-hydrogen) atoms. The van der Waals surface area contributed by atoms with Crippen molar-refractivity contribution in [3.8, 4) is 5.75 Å². The maximum Gasteiger partial charge on any atom is 0.125 e. The first-order valence-corrected chi connectivity index (χ1v) is 9.46. The SMILES string of the molecule is c1ccc(OC2COC3(C2)CN(C[C@@H]2CCc4ccccc42)C3)cc1. The molecule has 2 aromatic rings. The van der Waals surface area contributed by atoms with Crippen molar-refractivity contribution in [1.82, 2.24) is 4.90 Å². The van der Waals surface area contributed by atoms with E-state index in [1.165, 1.54) is 19.4 Å². The van der Waals surface area contributed by atoms with Crippen LogP contribution in [0.3, 0.4) is 0 Å². The Labute approximate surface area is 149 Å². The van der Waals surface area contributed by atoms with Gasteiger partial charge in [-0.2, -0.15) is 0 Å². The van der Waals surface area contributed by atoms with E-state index in [0.717, 1.165) is 31.9 Å². The van der Waals surface area contributed by atoms with Crippen LogP contribution in [0.5, 0.6) is 5.75 Å². The van der Waals surface area contributed by atoms with E-state index in [2.05, 4.69) is 29.2 Å². The molecule has 0 radical (unpaired) electrons. The van der Waals surface area contributed by atoms with Crippen LogP contribution in [-0.4, -0.2) is 42.8 Å². The second kappa shape index (κ2) is 6.15. The number of fused-ring (bicyclic) bond motifs is 1. The number of aryl methyl sites for hydroxylation is 1. The van der Waals surface area contributed by atoms with Crippen molar-refractivity contribution in [2.75, 3.05) is 26.2 Å². The van der Waals surface area contributed by atoms with Gasteiger partial charge in [0.25, 0.3) is 0 Å². The molecule has 0 amide bonds. The average molecular weight is 335 g/mol. The molecule has 2 fully saturated rings. The van der Waals surface area contributed by atoms with Crippen molar-refractivity contribution in [2.45, 2.75) is 36.9 Å². The molecular formula is C22H25NO2. The van der Waals surface area contributed by atoms with E-state index in [1.54, 1.807) is 11.1 Å². The quantitative estimate of drug-likeness (QED) is 0.851. The van der Waals surface area contributed by atoms with Gasteiger partial charge in [-0.3, -0.25) is 4.90 Å². The topological polar surface area (TPSA) is 21.7 Å². The molecule has 2 atom stereocenters. The van der Waals surface area contributed by atoms with Crippen molar-refractivity contribution < 1.29 is 9.47 Å². The van der Waals surface area contributed by atoms with Crippen LogP contribution in [0, 0.1) is 0 Å². The van der Waals surface area contributed by atoms with E-state index < -0.39 is 0 Å². The van der Waals surface area contributed by atoms with Crippen LogP contribution in [-0.2, 0) is 11.2 Å². The second-order valence-corrected chi connectivity index (χ2v) is 7.86. The van der Waals surface area contributed by atoms with Crippen molar-refractivity contribution >= 4 is 0 Å². The zero-order chi connectivity index (χ0) is 16.7. The Bertz CT molecular complexity index is 739. The molecule has 2 aromatic carbocycles. The summed E-state index contributed by atoms with van der Waals surface area (Å²) in [4.78, 5) is 2.57. The van der Waals surface area contributed by atoms with Crippen LogP contribution < -0.4 is 4.74 Å². The summed E-state index contributed by atoms with van der Waals surface area (Å²) in [7, 11) is 0. The molecule has 2 saturated heterocycles. The van der Waals surface area contributed by atoms with Crippen molar-refractivity contribution in [2.24, 2.45) is 0 Å². The minimum atomic E-state index is 0.0393. The molecule has 0 aromatic heterocycles. The first-order chi connectivity index (χ1) is 12.3. The maximum atomic E-state index is 6.16. The van der Waals surface area contributed by atoms with Crippen LogP contribution in [0.1, 0.15) is 29.9 Å². The summed E-state index contributed by atoms with van der Waals surface area (Å²) in [6.45, 7) is 4.00. The van der Waals surface area contributed by atoms with Crippen LogP contribution >= 0.6 is 0 Å². The van der Waals surface area contributed by atoms with Crippen LogP contribution in [0.2, 0.25) is 0 Å². The van der Waals surface area contributed by atoms with E-state index in [4.69, 9.17) is 9.47 Å². The highest BCUT2D eigenvalue weighted by Gasteiger charge is 2.50.